The Bertz CT molecular complexity index is 497. The fraction of sp³-hybridized carbons (Fsp3) is 0.167. The molecule has 0 bridgehead atoms. The van der Waals surface area contributed by atoms with Gasteiger partial charge >= 0.3 is 0 Å². The number of amides is 1. The molecule has 0 aliphatic carbocycles. The minimum absolute atomic E-state index is 0.111. The molecule has 0 aromatic carbocycles. The molecule has 2 rings (SSSR count). The Labute approximate surface area is 107 Å². The van der Waals surface area contributed by atoms with Crippen molar-refractivity contribution in [2.24, 2.45) is 0 Å². The fourth-order valence-corrected chi connectivity index (χ4v) is 1.76. The number of nitrogens with zero attached hydrogens (tertiary/aromatic N) is 1. The van der Waals surface area contributed by atoms with E-state index in [2.05, 4.69) is 26.2 Å². The van der Waals surface area contributed by atoms with Gasteiger partial charge in [-0.2, -0.15) is 0 Å². The summed E-state index contributed by atoms with van der Waals surface area (Å²) in [6.45, 7) is 0.548. The number of carbonyl (C=O) groups is 1. The first-order valence-electron chi connectivity index (χ1n) is 5.18. The summed E-state index contributed by atoms with van der Waals surface area (Å²) in [5, 5.41) is 2.82. The molecule has 2 heterocycles. The van der Waals surface area contributed by atoms with Crippen LogP contribution in [0.5, 0.6) is 0 Å². The van der Waals surface area contributed by atoms with Crippen LogP contribution in [0.1, 0.15) is 16.1 Å². The Morgan fingerprint density at radius 2 is 2.35 bits per heavy atom. The molecule has 5 heteroatoms. The molecule has 0 atom stereocenters. The number of halogens is 1. The highest BCUT2D eigenvalue weighted by atomic mass is 79.9. The Hall–Kier alpha value is -1.62. The predicted octanol–water partition coefficient (Wildman–Crippen LogP) is 2.41. The van der Waals surface area contributed by atoms with Crippen LogP contribution in [0.2, 0.25) is 0 Å². The minimum Gasteiger partial charge on any atom is -0.469 e. The molecular weight excluding hydrogens is 284 g/mol. The van der Waals surface area contributed by atoms with Gasteiger partial charge in [0.1, 0.15) is 10.4 Å². The molecule has 0 saturated heterocycles. The minimum atomic E-state index is -0.111. The zero-order chi connectivity index (χ0) is 12.1. The van der Waals surface area contributed by atoms with Crippen LogP contribution >= 0.6 is 15.9 Å². The van der Waals surface area contributed by atoms with Crippen molar-refractivity contribution < 1.29 is 9.21 Å². The molecule has 0 fully saturated rings. The summed E-state index contributed by atoms with van der Waals surface area (Å²) in [5.41, 5.74) is 0.589. The number of furan rings is 1. The smallest absolute Gasteiger partial charge is 0.251 e. The van der Waals surface area contributed by atoms with Crippen LogP contribution in [0.15, 0.2) is 45.7 Å². The van der Waals surface area contributed by atoms with Crippen LogP contribution in [-0.2, 0) is 6.42 Å². The van der Waals surface area contributed by atoms with Gasteiger partial charge in [0, 0.05) is 24.7 Å². The molecule has 2 aromatic rings. The van der Waals surface area contributed by atoms with Crippen molar-refractivity contribution in [3.63, 3.8) is 0 Å². The fourth-order valence-electron chi connectivity index (χ4n) is 1.40. The molecule has 0 saturated carbocycles. The van der Waals surface area contributed by atoms with Gasteiger partial charge in [-0.3, -0.25) is 4.79 Å². The molecule has 0 aliphatic heterocycles. The lowest BCUT2D eigenvalue weighted by molar-refractivity contribution is 0.0953. The first kappa shape index (κ1) is 11.9. The highest BCUT2D eigenvalue weighted by Crippen LogP contribution is 2.07. The first-order chi connectivity index (χ1) is 8.25. The van der Waals surface area contributed by atoms with E-state index in [0.717, 1.165) is 5.76 Å². The van der Waals surface area contributed by atoms with Crippen LogP contribution in [0, 0.1) is 0 Å². The van der Waals surface area contributed by atoms with E-state index in [1.807, 2.05) is 12.1 Å². The van der Waals surface area contributed by atoms with Gasteiger partial charge in [0.2, 0.25) is 0 Å². The van der Waals surface area contributed by atoms with E-state index in [1.165, 1.54) is 0 Å². The molecule has 4 nitrogen and oxygen atoms in total. The van der Waals surface area contributed by atoms with Gasteiger partial charge in [-0.25, -0.2) is 4.98 Å². The number of hydrogen-bond acceptors (Lipinski definition) is 3. The number of rotatable bonds is 4. The molecule has 1 N–H and O–H groups in total. The molecule has 2 aromatic heterocycles. The number of aromatic nitrogens is 1. The summed E-state index contributed by atoms with van der Waals surface area (Å²) < 4.78 is 5.82. The van der Waals surface area contributed by atoms with Gasteiger partial charge in [-0.1, -0.05) is 0 Å². The first-order valence-corrected chi connectivity index (χ1v) is 5.97. The molecule has 0 aliphatic rings. The molecule has 88 valence electrons. The normalized spacial score (nSPS) is 10.2. The maximum Gasteiger partial charge on any atom is 0.251 e. The lowest BCUT2D eigenvalue weighted by atomic mass is 10.2. The standard InChI is InChI=1S/C12H11BrN2O2/c13-11-8-9(3-5-14-11)12(16)15-6-4-10-2-1-7-17-10/h1-3,5,7-8H,4,6H2,(H,15,16). The topological polar surface area (TPSA) is 55.1 Å². The van der Waals surface area contributed by atoms with Crippen LogP contribution < -0.4 is 5.32 Å². The van der Waals surface area contributed by atoms with Crippen molar-refractivity contribution in [2.75, 3.05) is 6.54 Å². The second-order valence-corrected chi connectivity index (χ2v) is 4.26. The van der Waals surface area contributed by atoms with Gasteiger partial charge in [0.05, 0.1) is 6.26 Å². The van der Waals surface area contributed by atoms with Crippen LogP contribution in [0.4, 0.5) is 0 Å². The average Bonchev–Trinajstić information content (AvgIpc) is 2.82. The van der Waals surface area contributed by atoms with E-state index in [4.69, 9.17) is 4.42 Å². The van der Waals surface area contributed by atoms with Crippen molar-refractivity contribution in [2.45, 2.75) is 6.42 Å². The summed E-state index contributed by atoms with van der Waals surface area (Å²) in [6.07, 6.45) is 3.90. The summed E-state index contributed by atoms with van der Waals surface area (Å²) in [6, 6.07) is 7.07. The highest BCUT2D eigenvalue weighted by Gasteiger charge is 2.05. The van der Waals surface area contributed by atoms with E-state index in [9.17, 15) is 4.79 Å². The predicted molar refractivity (Wildman–Crippen MR) is 66.7 cm³/mol. The third-order valence-electron chi connectivity index (χ3n) is 2.23. The van der Waals surface area contributed by atoms with E-state index < -0.39 is 0 Å². The maximum absolute atomic E-state index is 11.7. The molecule has 17 heavy (non-hydrogen) atoms. The van der Waals surface area contributed by atoms with Crippen LogP contribution in [0.3, 0.4) is 0 Å². The zero-order valence-electron chi connectivity index (χ0n) is 9.02. The van der Waals surface area contributed by atoms with Gasteiger partial charge in [-0.15, -0.1) is 0 Å². The SMILES string of the molecule is O=C(NCCc1ccco1)c1ccnc(Br)c1. The Balaban J connectivity index is 1.85. The largest absolute Gasteiger partial charge is 0.469 e. The lowest BCUT2D eigenvalue weighted by Crippen LogP contribution is -2.25. The van der Waals surface area contributed by atoms with E-state index in [-0.39, 0.29) is 5.91 Å². The average molecular weight is 295 g/mol. The Morgan fingerprint density at radius 3 is 3.06 bits per heavy atom. The number of carbonyl (C=O) groups excluding carboxylic acids is 1. The van der Waals surface area contributed by atoms with Crippen LogP contribution in [-0.4, -0.2) is 17.4 Å². The molecule has 0 radical (unpaired) electrons. The van der Waals surface area contributed by atoms with Crippen molar-refractivity contribution in [3.05, 3.63) is 52.7 Å². The van der Waals surface area contributed by atoms with Crippen molar-refractivity contribution in [1.29, 1.82) is 0 Å². The zero-order valence-corrected chi connectivity index (χ0v) is 10.6. The Kier molecular flexibility index (Phi) is 3.93. The van der Waals surface area contributed by atoms with E-state index >= 15 is 0 Å². The number of hydrogen-bond donors (Lipinski definition) is 1. The van der Waals surface area contributed by atoms with Crippen molar-refractivity contribution in [3.8, 4) is 0 Å². The second-order valence-electron chi connectivity index (χ2n) is 3.45. The highest BCUT2D eigenvalue weighted by molar-refractivity contribution is 9.10. The Morgan fingerprint density at radius 1 is 1.47 bits per heavy atom. The third kappa shape index (κ3) is 3.42. The monoisotopic (exact) mass is 294 g/mol. The summed E-state index contributed by atoms with van der Waals surface area (Å²) in [5.74, 6) is 0.751. The van der Waals surface area contributed by atoms with Crippen LogP contribution in [0.25, 0.3) is 0 Å². The summed E-state index contributed by atoms with van der Waals surface area (Å²) in [7, 11) is 0. The van der Waals surface area contributed by atoms with Crippen molar-refractivity contribution >= 4 is 21.8 Å². The summed E-state index contributed by atoms with van der Waals surface area (Å²) >= 11 is 3.22. The maximum atomic E-state index is 11.7. The van der Waals surface area contributed by atoms with Gasteiger partial charge in [0.15, 0.2) is 0 Å². The quantitative estimate of drug-likeness (QED) is 0.881. The number of pyridine rings is 1. The molecule has 0 spiro atoms. The second kappa shape index (κ2) is 5.63. The molecule has 0 unspecified atom stereocenters. The molecular formula is C12H11BrN2O2. The lowest BCUT2D eigenvalue weighted by Gasteiger charge is -2.03. The van der Waals surface area contributed by atoms with E-state index in [0.29, 0.717) is 23.1 Å². The number of nitrogens with one attached hydrogen (secondary N) is 1. The van der Waals surface area contributed by atoms with Gasteiger partial charge in [0.25, 0.3) is 5.91 Å². The van der Waals surface area contributed by atoms with Gasteiger partial charge < -0.3 is 9.73 Å². The van der Waals surface area contributed by atoms with E-state index in [1.54, 1.807) is 24.6 Å². The summed E-state index contributed by atoms with van der Waals surface area (Å²) in [4.78, 5) is 15.7. The molecule has 1 amide bonds. The van der Waals surface area contributed by atoms with Crippen molar-refractivity contribution in [1.82, 2.24) is 10.3 Å². The third-order valence-corrected chi connectivity index (χ3v) is 2.66. The van der Waals surface area contributed by atoms with Gasteiger partial charge in [-0.05, 0) is 40.2 Å².